The molecule has 0 bridgehead atoms. The Bertz CT molecular complexity index is 833. The summed E-state index contributed by atoms with van der Waals surface area (Å²) in [5.41, 5.74) is -5.42. The number of hydrogen-bond acceptors (Lipinski definition) is 5. The van der Waals surface area contributed by atoms with Gasteiger partial charge in [-0.25, -0.2) is 4.39 Å². The number of hydrogen-bond donors (Lipinski definition) is 2. The van der Waals surface area contributed by atoms with Crippen molar-refractivity contribution in [2.75, 3.05) is 0 Å². The molecule has 0 aromatic carbocycles. The summed E-state index contributed by atoms with van der Waals surface area (Å²) >= 11 is 0. The van der Waals surface area contributed by atoms with E-state index in [2.05, 4.69) is 0 Å². The molecule has 4 aliphatic rings. The summed E-state index contributed by atoms with van der Waals surface area (Å²) in [4.78, 5) is 35.5. The van der Waals surface area contributed by atoms with Crippen LogP contribution in [0.2, 0.25) is 0 Å². The molecule has 28 heavy (non-hydrogen) atoms. The van der Waals surface area contributed by atoms with Crippen molar-refractivity contribution < 1.29 is 29.0 Å². The topological polar surface area (TPSA) is 91.7 Å². The van der Waals surface area contributed by atoms with Crippen molar-refractivity contribution in [3.8, 4) is 0 Å². The summed E-state index contributed by atoms with van der Waals surface area (Å²) in [5.74, 6) is -2.52. The second kappa shape index (κ2) is 5.70. The van der Waals surface area contributed by atoms with E-state index in [0.29, 0.717) is 24.8 Å². The molecule has 0 saturated heterocycles. The molecule has 2 unspecified atom stereocenters. The zero-order valence-corrected chi connectivity index (χ0v) is 16.4. The van der Waals surface area contributed by atoms with Crippen LogP contribution in [-0.4, -0.2) is 45.4 Å². The lowest BCUT2D eigenvalue weighted by Gasteiger charge is -2.62. The Labute approximate surface area is 163 Å². The van der Waals surface area contributed by atoms with Gasteiger partial charge >= 0.3 is 0 Å². The number of aliphatic hydroxyl groups is 2. The number of carbonyl (C=O) groups is 3. The van der Waals surface area contributed by atoms with Gasteiger partial charge in [0.1, 0.15) is 5.60 Å². The van der Waals surface area contributed by atoms with Crippen LogP contribution in [0.3, 0.4) is 0 Å². The van der Waals surface area contributed by atoms with E-state index >= 15 is 4.39 Å². The van der Waals surface area contributed by atoms with E-state index in [-0.39, 0.29) is 24.4 Å². The average molecular weight is 390 g/mol. The Hall–Kier alpha value is -1.66. The second-order valence-electron chi connectivity index (χ2n) is 9.65. The number of ketones is 2. The molecule has 0 radical (unpaired) electrons. The van der Waals surface area contributed by atoms with Crippen molar-refractivity contribution in [3.05, 3.63) is 23.8 Å². The molecule has 4 rings (SSSR count). The van der Waals surface area contributed by atoms with Crippen molar-refractivity contribution in [1.29, 1.82) is 0 Å². The normalized spacial score (nSPS) is 52.4. The van der Waals surface area contributed by atoms with E-state index in [4.69, 9.17) is 0 Å². The molecule has 152 valence electrons. The predicted molar refractivity (Wildman–Crippen MR) is 98.9 cm³/mol. The molecule has 0 amide bonds. The fourth-order valence-corrected chi connectivity index (χ4v) is 7.16. The summed E-state index contributed by atoms with van der Waals surface area (Å²) in [6.07, 6.45) is 4.37. The van der Waals surface area contributed by atoms with Crippen LogP contribution in [-0.2, 0) is 14.4 Å². The number of carbonyl (C=O) groups excluding carboxylic acids is 3. The van der Waals surface area contributed by atoms with Crippen molar-refractivity contribution >= 4 is 17.9 Å². The Balaban J connectivity index is 1.85. The van der Waals surface area contributed by atoms with Gasteiger partial charge in [0.05, 0.1) is 6.10 Å². The average Bonchev–Trinajstić information content (AvgIpc) is 2.84. The molecule has 3 saturated carbocycles. The number of alkyl halides is 1. The van der Waals surface area contributed by atoms with Gasteiger partial charge < -0.3 is 10.2 Å². The SMILES string of the molecule is CC1C[C@H]2[C@@H]3CCC4=CC(=O)C=C[C@]4(C)[C@@]3(F)C(O)C[C@]2(C)[C@@]1(O)C(=O)C=O. The van der Waals surface area contributed by atoms with Crippen LogP contribution in [0, 0.1) is 28.6 Å². The largest absolute Gasteiger partial charge is 0.390 e. The van der Waals surface area contributed by atoms with Crippen LogP contribution >= 0.6 is 0 Å². The molecule has 0 aliphatic heterocycles. The highest BCUT2D eigenvalue weighted by Crippen LogP contribution is 2.70. The Morgan fingerprint density at radius 1 is 1.32 bits per heavy atom. The van der Waals surface area contributed by atoms with Crippen LogP contribution in [0.25, 0.3) is 0 Å². The smallest absolute Gasteiger partial charge is 0.227 e. The third-order valence-corrected chi connectivity index (χ3v) is 8.71. The van der Waals surface area contributed by atoms with Gasteiger partial charge in [-0.05, 0) is 56.6 Å². The van der Waals surface area contributed by atoms with Gasteiger partial charge in [-0.3, -0.25) is 14.4 Å². The predicted octanol–water partition coefficient (Wildman–Crippen LogP) is 2.10. The van der Waals surface area contributed by atoms with Gasteiger partial charge in [-0.1, -0.05) is 25.5 Å². The zero-order valence-electron chi connectivity index (χ0n) is 16.4. The van der Waals surface area contributed by atoms with Crippen LogP contribution in [0.15, 0.2) is 23.8 Å². The first-order valence-electron chi connectivity index (χ1n) is 10.00. The zero-order chi connectivity index (χ0) is 20.7. The van der Waals surface area contributed by atoms with Gasteiger partial charge in [-0.2, -0.15) is 0 Å². The minimum Gasteiger partial charge on any atom is -0.390 e. The third-order valence-electron chi connectivity index (χ3n) is 8.71. The standard InChI is InChI=1S/C22H27FO5/c1-12-8-16-15-5-4-13-9-14(25)6-7-19(13,2)21(15,23)17(26)10-20(16,3)22(12,28)18(27)11-24/h6-7,9,11-12,15-17,26,28H,4-5,8,10H2,1-3H3/t12?,15-,16-,17?,19-,20-,21-,22-/m0/s1. The third kappa shape index (κ3) is 1.96. The van der Waals surface area contributed by atoms with Crippen molar-refractivity contribution in [2.24, 2.45) is 28.6 Å². The fourth-order valence-electron chi connectivity index (χ4n) is 7.16. The van der Waals surface area contributed by atoms with Crippen molar-refractivity contribution in [3.63, 3.8) is 0 Å². The number of aliphatic hydroxyl groups excluding tert-OH is 1. The highest BCUT2D eigenvalue weighted by Gasteiger charge is 2.75. The molecule has 0 aromatic heterocycles. The van der Waals surface area contributed by atoms with Gasteiger partial charge in [0.25, 0.3) is 0 Å². The maximum atomic E-state index is 16.8. The van der Waals surface area contributed by atoms with Gasteiger partial charge in [0.15, 0.2) is 17.7 Å². The first-order valence-corrected chi connectivity index (χ1v) is 10.00. The first-order chi connectivity index (χ1) is 13.0. The van der Waals surface area contributed by atoms with E-state index in [1.54, 1.807) is 26.8 Å². The number of Topliss-reactive ketones (excluding diaryl/α,β-unsaturated/α-hetero) is 1. The number of aldehydes is 1. The maximum Gasteiger partial charge on any atom is 0.227 e. The van der Waals surface area contributed by atoms with Gasteiger partial charge in [-0.15, -0.1) is 0 Å². The lowest BCUT2D eigenvalue weighted by Crippen LogP contribution is -2.69. The molecule has 4 aliphatic carbocycles. The van der Waals surface area contributed by atoms with Crippen LogP contribution < -0.4 is 0 Å². The summed E-state index contributed by atoms with van der Waals surface area (Å²) in [6, 6.07) is 0. The summed E-state index contributed by atoms with van der Waals surface area (Å²) in [6.45, 7) is 5.15. The van der Waals surface area contributed by atoms with E-state index in [1.165, 1.54) is 12.2 Å². The fraction of sp³-hybridized carbons (Fsp3) is 0.682. The van der Waals surface area contributed by atoms with Gasteiger partial charge in [0, 0.05) is 16.7 Å². The van der Waals surface area contributed by atoms with E-state index < -0.39 is 45.8 Å². The molecule has 5 nitrogen and oxygen atoms in total. The summed E-state index contributed by atoms with van der Waals surface area (Å²) < 4.78 is 16.8. The highest BCUT2D eigenvalue weighted by atomic mass is 19.1. The van der Waals surface area contributed by atoms with Crippen molar-refractivity contribution in [2.45, 2.75) is 63.8 Å². The molecule has 0 spiro atoms. The number of fused-ring (bicyclic) bond motifs is 5. The lowest BCUT2D eigenvalue weighted by molar-refractivity contribution is -0.218. The molecule has 3 fully saturated rings. The van der Waals surface area contributed by atoms with Crippen LogP contribution in [0.5, 0.6) is 0 Å². The maximum absolute atomic E-state index is 16.8. The number of rotatable bonds is 2. The van der Waals surface area contributed by atoms with Crippen molar-refractivity contribution in [1.82, 2.24) is 0 Å². The number of halogens is 1. The Kier molecular flexibility index (Phi) is 4.00. The molecule has 0 heterocycles. The van der Waals surface area contributed by atoms with Crippen LogP contribution in [0.1, 0.15) is 46.5 Å². The van der Waals surface area contributed by atoms with Crippen LogP contribution in [0.4, 0.5) is 4.39 Å². The molecule has 8 atom stereocenters. The Morgan fingerprint density at radius 3 is 2.64 bits per heavy atom. The highest BCUT2D eigenvalue weighted by molar-refractivity contribution is 6.29. The number of allylic oxidation sites excluding steroid dienone is 4. The quantitative estimate of drug-likeness (QED) is 0.557. The lowest BCUT2D eigenvalue weighted by atomic mass is 9.44. The molecular formula is C22H27FO5. The molecule has 6 heteroatoms. The minimum atomic E-state index is -2.01. The first kappa shape index (κ1) is 19.6. The van der Waals surface area contributed by atoms with Gasteiger partial charge in [0.2, 0.25) is 5.78 Å². The summed E-state index contributed by atoms with van der Waals surface area (Å²) in [7, 11) is 0. The van der Waals surface area contributed by atoms with E-state index in [9.17, 15) is 24.6 Å². The second-order valence-corrected chi connectivity index (χ2v) is 9.65. The molecular weight excluding hydrogens is 363 g/mol. The monoisotopic (exact) mass is 390 g/mol. The summed E-state index contributed by atoms with van der Waals surface area (Å²) in [5, 5.41) is 22.4. The Morgan fingerprint density at radius 2 is 2.00 bits per heavy atom. The minimum absolute atomic E-state index is 0.115. The molecule has 0 aromatic rings. The van der Waals surface area contributed by atoms with E-state index in [1.807, 2.05) is 0 Å². The van der Waals surface area contributed by atoms with E-state index in [0.717, 1.165) is 0 Å². The molecule has 2 N–H and O–H groups in total.